The molecule has 4 heteroatoms. The van der Waals surface area contributed by atoms with Crippen LogP contribution < -0.4 is 10.6 Å². The molecular weight excluding hydrogens is 228 g/mol. The molecule has 1 unspecified atom stereocenters. The number of amides is 2. The van der Waals surface area contributed by atoms with Crippen molar-refractivity contribution in [3.8, 4) is 0 Å². The van der Waals surface area contributed by atoms with E-state index in [-0.39, 0.29) is 23.3 Å². The first-order chi connectivity index (χ1) is 8.38. The number of ketones is 1. The summed E-state index contributed by atoms with van der Waals surface area (Å²) in [4.78, 5) is 23.0. The first kappa shape index (κ1) is 12.6. The van der Waals surface area contributed by atoms with E-state index in [9.17, 15) is 9.59 Å². The van der Waals surface area contributed by atoms with E-state index in [0.29, 0.717) is 11.3 Å². The van der Waals surface area contributed by atoms with Crippen molar-refractivity contribution in [3.63, 3.8) is 0 Å². The maximum Gasteiger partial charge on any atom is 0.319 e. The second-order valence-corrected chi connectivity index (χ2v) is 5.48. The quantitative estimate of drug-likeness (QED) is 0.806. The van der Waals surface area contributed by atoms with Gasteiger partial charge < -0.3 is 10.6 Å². The van der Waals surface area contributed by atoms with Crippen molar-refractivity contribution in [1.82, 2.24) is 5.32 Å². The molecule has 0 radical (unpaired) electrons. The topological polar surface area (TPSA) is 58.2 Å². The van der Waals surface area contributed by atoms with Gasteiger partial charge in [-0.25, -0.2) is 4.79 Å². The van der Waals surface area contributed by atoms with Gasteiger partial charge in [0.2, 0.25) is 0 Å². The van der Waals surface area contributed by atoms with Crippen molar-refractivity contribution in [2.24, 2.45) is 5.41 Å². The largest absolute Gasteiger partial charge is 0.335 e. The molecule has 96 valence electrons. The number of benzene rings is 1. The Hall–Kier alpha value is -1.84. The molecule has 4 nitrogen and oxygen atoms in total. The Bertz CT molecular complexity index is 494. The van der Waals surface area contributed by atoms with Crippen LogP contribution in [-0.4, -0.2) is 17.9 Å². The molecule has 0 bridgehead atoms. The maximum absolute atomic E-state index is 11.7. The zero-order chi connectivity index (χ0) is 13.3. The van der Waals surface area contributed by atoms with Gasteiger partial charge in [-0.2, -0.15) is 0 Å². The predicted molar refractivity (Wildman–Crippen MR) is 70.8 cm³/mol. The molecule has 1 atom stereocenters. The van der Waals surface area contributed by atoms with Crippen LogP contribution in [0.4, 0.5) is 10.5 Å². The van der Waals surface area contributed by atoms with Crippen molar-refractivity contribution in [2.75, 3.05) is 5.32 Å². The van der Waals surface area contributed by atoms with Gasteiger partial charge >= 0.3 is 6.03 Å². The van der Waals surface area contributed by atoms with Gasteiger partial charge in [0.25, 0.3) is 0 Å². The van der Waals surface area contributed by atoms with Crippen LogP contribution in [0.25, 0.3) is 0 Å². The van der Waals surface area contributed by atoms with Crippen LogP contribution in [-0.2, 0) is 0 Å². The summed E-state index contributed by atoms with van der Waals surface area (Å²) in [5.41, 5.74) is 1.44. The molecule has 0 aliphatic heterocycles. The minimum atomic E-state index is -0.216. The molecule has 2 rings (SSSR count). The first-order valence-electron chi connectivity index (χ1n) is 6.07. The summed E-state index contributed by atoms with van der Waals surface area (Å²) in [6.07, 6.45) is 1.01. The lowest BCUT2D eigenvalue weighted by Gasteiger charge is -2.09. The number of Topliss-reactive ketones (excluding diaryl/α,β-unsaturated/α-hetero) is 1. The highest BCUT2D eigenvalue weighted by Gasteiger charge is 2.46. The van der Waals surface area contributed by atoms with Gasteiger partial charge in [0, 0.05) is 17.3 Å². The molecule has 1 aliphatic carbocycles. The van der Waals surface area contributed by atoms with Gasteiger partial charge in [-0.05, 0) is 30.9 Å². The standard InChI is InChI=1S/C14H18N2O2/c1-9(17)10-5-4-6-11(7-10)15-13(18)16-12-8-14(12,2)3/h4-7,12H,8H2,1-3H3,(H2,15,16,18). The van der Waals surface area contributed by atoms with E-state index in [4.69, 9.17) is 0 Å². The number of carbonyl (C=O) groups excluding carboxylic acids is 2. The van der Waals surface area contributed by atoms with E-state index in [2.05, 4.69) is 24.5 Å². The van der Waals surface area contributed by atoms with E-state index in [1.807, 2.05) is 0 Å². The highest BCUT2D eigenvalue weighted by Crippen LogP contribution is 2.44. The lowest BCUT2D eigenvalue weighted by Crippen LogP contribution is -2.32. The van der Waals surface area contributed by atoms with Gasteiger partial charge in [0.1, 0.15) is 0 Å². The Morgan fingerprint density at radius 1 is 1.33 bits per heavy atom. The van der Waals surface area contributed by atoms with Crippen LogP contribution in [0.2, 0.25) is 0 Å². The van der Waals surface area contributed by atoms with Gasteiger partial charge in [-0.3, -0.25) is 4.79 Å². The molecule has 1 saturated carbocycles. The predicted octanol–water partition coefficient (Wildman–Crippen LogP) is 2.81. The van der Waals surface area contributed by atoms with Gasteiger partial charge in [-0.15, -0.1) is 0 Å². The monoisotopic (exact) mass is 246 g/mol. The first-order valence-corrected chi connectivity index (χ1v) is 6.07. The summed E-state index contributed by atoms with van der Waals surface area (Å²) in [5, 5.41) is 5.65. The van der Waals surface area contributed by atoms with E-state index < -0.39 is 0 Å². The molecule has 2 N–H and O–H groups in total. The second-order valence-electron chi connectivity index (χ2n) is 5.48. The van der Waals surface area contributed by atoms with Crippen molar-refractivity contribution >= 4 is 17.5 Å². The van der Waals surface area contributed by atoms with Gasteiger partial charge in [-0.1, -0.05) is 26.0 Å². The molecule has 0 heterocycles. The molecule has 18 heavy (non-hydrogen) atoms. The Morgan fingerprint density at radius 2 is 2.00 bits per heavy atom. The van der Waals surface area contributed by atoms with Crippen LogP contribution in [0, 0.1) is 5.41 Å². The fraction of sp³-hybridized carbons (Fsp3) is 0.429. The average molecular weight is 246 g/mol. The highest BCUT2D eigenvalue weighted by molar-refractivity contribution is 5.96. The molecule has 1 fully saturated rings. The summed E-state index contributed by atoms with van der Waals surface area (Å²) < 4.78 is 0. The van der Waals surface area contributed by atoms with Gasteiger partial charge in [0.15, 0.2) is 5.78 Å². The van der Waals surface area contributed by atoms with Crippen LogP contribution in [0.3, 0.4) is 0 Å². The number of anilines is 1. The van der Waals surface area contributed by atoms with Crippen molar-refractivity contribution in [1.29, 1.82) is 0 Å². The van der Waals surface area contributed by atoms with E-state index in [1.165, 1.54) is 6.92 Å². The SMILES string of the molecule is CC(=O)c1cccc(NC(=O)NC2CC2(C)C)c1. The lowest BCUT2D eigenvalue weighted by molar-refractivity contribution is 0.101. The molecule has 0 saturated heterocycles. The summed E-state index contributed by atoms with van der Waals surface area (Å²) in [7, 11) is 0. The number of urea groups is 1. The number of hydrogen-bond donors (Lipinski definition) is 2. The third-order valence-electron chi connectivity index (χ3n) is 3.35. The summed E-state index contributed by atoms with van der Waals surface area (Å²) >= 11 is 0. The zero-order valence-electron chi connectivity index (χ0n) is 10.9. The minimum absolute atomic E-state index is 0.0117. The highest BCUT2D eigenvalue weighted by atomic mass is 16.2. The van der Waals surface area contributed by atoms with Crippen LogP contribution in [0.5, 0.6) is 0 Å². The number of carbonyl (C=O) groups is 2. The Labute approximate surface area is 107 Å². The molecule has 2 amide bonds. The van der Waals surface area contributed by atoms with Gasteiger partial charge in [0.05, 0.1) is 0 Å². The average Bonchev–Trinajstić information content (AvgIpc) is 2.85. The van der Waals surface area contributed by atoms with E-state index in [1.54, 1.807) is 24.3 Å². The molecule has 1 aromatic rings. The van der Waals surface area contributed by atoms with Crippen molar-refractivity contribution < 1.29 is 9.59 Å². The summed E-state index contributed by atoms with van der Waals surface area (Å²) in [6, 6.07) is 6.96. The Balaban J connectivity index is 1.95. The fourth-order valence-corrected chi connectivity index (χ4v) is 1.85. The second kappa shape index (κ2) is 4.44. The zero-order valence-corrected chi connectivity index (χ0v) is 10.9. The van der Waals surface area contributed by atoms with Crippen LogP contribution in [0.1, 0.15) is 37.6 Å². The minimum Gasteiger partial charge on any atom is -0.335 e. The lowest BCUT2D eigenvalue weighted by atomic mass is 10.1. The van der Waals surface area contributed by atoms with Crippen LogP contribution in [0.15, 0.2) is 24.3 Å². The maximum atomic E-state index is 11.7. The van der Waals surface area contributed by atoms with Crippen molar-refractivity contribution in [3.05, 3.63) is 29.8 Å². The Kier molecular flexibility index (Phi) is 3.11. The molecule has 0 spiro atoms. The smallest absolute Gasteiger partial charge is 0.319 e. The summed E-state index contributed by atoms with van der Waals surface area (Å²) in [6.45, 7) is 5.74. The summed E-state index contributed by atoms with van der Waals surface area (Å²) in [5.74, 6) is -0.0117. The molecule has 1 aliphatic rings. The third-order valence-corrected chi connectivity index (χ3v) is 3.35. The van der Waals surface area contributed by atoms with E-state index in [0.717, 1.165) is 6.42 Å². The Morgan fingerprint density at radius 3 is 2.56 bits per heavy atom. The normalized spacial score (nSPS) is 20.1. The molecule has 0 aromatic heterocycles. The van der Waals surface area contributed by atoms with Crippen molar-refractivity contribution in [2.45, 2.75) is 33.2 Å². The fourth-order valence-electron chi connectivity index (χ4n) is 1.85. The molecular formula is C14H18N2O2. The third kappa shape index (κ3) is 2.88. The van der Waals surface area contributed by atoms with Crippen LogP contribution >= 0.6 is 0 Å². The number of nitrogens with one attached hydrogen (secondary N) is 2. The molecule has 1 aromatic carbocycles. The number of rotatable bonds is 3. The number of hydrogen-bond acceptors (Lipinski definition) is 2. The van der Waals surface area contributed by atoms with E-state index >= 15 is 0 Å².